The van der Waals surface area contributed by atoms with Crippen LogP contribution >= 0.6 is 0 Å². The molecule has 0 bridgehead atoms. The normalized spacial score (nSPS) is 17.4. The summed E-state index contributed by atoms with van der Waals surface area (Å²) in [4.78, 5) is 3.60. The molecule has 3 heterocycles. The van der Waals surface area contributed by atoms with Gasteiger partial charge in [-0.25, -0.2) is 0 Å². The Kier molecular flexibility index (Phi) is 3.70. The van der Waals surface area contributed by atoms with E-state index in [0.29, 0.717) is 12.5 Å². The molecule has 1 unspecified atom stereocenters. The molecule has 6 rings (SSSR count). The van der Waals surface area contributed by atoms with Gasteiger partial charge < -0.3 is 13.7 Å². The van der Waals surface area contributed by atoms with Crippen molar-refractivity contribution in [2.45, 2.75) is 29.6 Å². The zero-order valence-electron chi connectivity index (χ0n) is 16.0. The van der Waals surface area contributed by atoms with Gasteiger partial charge in [0.25, 0.3) is 5.88 Å². The van der Waals surface area contributed by atoms with Crippen LogP contribution in [0.3, 0.4) is 0 Å². The molecule has 5 heteroatoms. The summed E-state index contributed by atoms with van der Waals surface area (Å²) in [6.45, 7) is 2.75. The van der Waals surface area contributed by atoms with Gasteiger partial charge in [-0.1, -0.05) is 35.9 Å². The minimum Gasteiger partial charge on any atom is -0.606 e. The number of benzene rings is 3. The predicted molar refractivity (Wildman–Crippen MR) is 114 cm³/mol. The Labute approximate surface area is 171 Å². The Morgan fingerprint density at radius 1 is 1.00 bits per heavy atom. The summed E-state index contributed by atoms with van der Waals surface area (Å²) >= 11 is -1.31. The van der Waals surface area contributed by atoms with Gasteiger partial charge in [0.1, 0.15) is 17.0 Å². The molecule has 144 valence electrons. The SMILES string of the molecule is Cc1ccc2oc3c(c2c1)[S+]([O-])c1ccccc1N3c1cccc2c1OCCC2. The summed E-state index contributed by atoms with van der Waals surface area (Å²) in [5, 5.41) is 0.906. The van der Waals surface area contributed by atoms with Crippen LogP contribution in [0.15, 0.2) is 74.9 Å². The number of fused-ring (bicyclic) bond motifs is 5. The van der Waals surface area contributed by atoms with Gasteiger partial charge in [-0.15, -0.1) is 0 Å². The molecule has 4 aromatic rings. The average Bonchev–Trinajstić information content (AvgIpc) is 3.12. The number of hydrogen-bond acceptors (Lipinski definition) is 4. The van der Waals surface area contributed by atoms with Crippen molar-refractivity contribution < 1.29 is 13.7 Å². The third kappa shape index (κ3) is 2.44. The lowest BCUT2D eigenvalue weighted by atomic mass is 10.0. The summed E-state index contributed by atoms with van der Waals surface area (Å²) in [5.74, 6) is 1.51. The second-order valence-electron chi connectivity index (χ2n) is 7.53. The summed E-state index contributed by atoms with van der Waals surface area (Å²) in [6, 6.07) is 20.1. The Bertz CT molecular complexity index is 1260. The van der Waals surface area contributed by atoms with Gasteiger partial charge in [-0.3, -0.25) is 4.90 Å². The number of anilines is 3. The minimum absolute atomic E-state index is 0.616. The molecule has 0 fully saturated rings. The molecule has 0 saturated heterocycles. The standard InChI is InChI=1S/C24H19NO3S/c1-15-11-12-20-17(14-15)23-24(28-20)25(18-8-2-3-10-21(18)29(23)26)19-9-4-6-16-7-5-13-27-22(16)19/h2-4,6,8-12,14H,5,7,13H2,1H3. The van der Waals surface area contributed by atoms with E-state index in [1.54, 1.807) is 0 Å². The van der Waals surface area contributed by atoms with Gasteiger partial charge in [0.2, 0.25) is 4.90 Å². The van der Waals surface area contributed by atoms with Crippen LogP contribution in [0.25, 0.3) is 11.0 Å². The van der Waals surface area contributed by atoms with Crippen LogP contribution in [0.5, 0.6) is 5.75 Å². The van der Waals surface area contributed by atoms with Crippen LogP contribution in [-0.4, -0.2) is 11.2 Å². The van der Waals surface area contributed by atoms with Crippen LogP contribution in [0.4, 0.5) is 17.3 Å². The van der Waals surface area contributed by atoms with Gasteiger partial charge >= 0.3 is 0 Å². The number of nitrogens with zero attached hydrogens (tertiary/aromatic N) is 1. The van der Waals surface area contributed by atoms with Crippen LogP contribution < -0.4 is 9.64 Å². The molecule has 0 aliphatic carbocycles. The molecule has 0 amide bonds. The smallest absolute Gasteiger partial charge is 0.263 e. The fourth-order valence-electron chi connectivity index (χ4n) is 4.31. The van der Waals surface area contributed by atoms with Crippen LogP contribution in [0.2, 0.25) is 0 Å². The third-order valence-electron chi connectivity index (χ3n) is 5.63. The zero-order chi connectivity index (χ0) is 19.5. The van der Waals surface area contributed by atoms with E-state index in [9.17, 15) is 4.55 Å². The first-order valence-corrected chi connectivity index (χ1v) is 11.0. The van der Waals surface area contributed by atoms with E-state index in [2.05, 4.69) is 29.2 Å². The third-order valence-corrected chi connectivity index (χ3v) is 7.14. The van der Waals surface area contributed by atoms with Crippen LogP contribution in [0.1, 0.15) is 17.5 Å². The maximum absolute atomic E-state index is 13.6. The van der Waals surface area contributed by atoms with E-state index < -0.39 is 11.2 Å². The number of furan rings is 1. The van der Waals surface area contributed by atoms with Crippen LogP contribution in [0, 0.1) is 6.92 Å². The molecule has 29 heavy (non-hydrogen) atoms. The average molecular weight is 401 g/mol. The Morgan fingerprint density at radius 2 is 1.86 bits per heavy atom. The van der Waals surface area contributed by atoms with E-state index >= 15 is 0 Å². The van der Waals surface area contributed by atoms with Crippen molar-refractivity contribution in [3.05, 3.63) is 71.8 Å². The van der Waals surface area contributed by atoms with E-state index in [0.717, 1.165) is 56.3 Å². The zero-order valence-corrected chi connectivity index (χ0v) is 16.8. The monoisotopic (exact) mass is 401 g/mol. The van der Waals surface area contributed by atoms with E-state index in [-0.39, 0.29) is 0 Å². The number of aryl methyl sites for hydroxylation is 2. The van der Waals surface area contributed by atoms with Crippen molar-refractivity contribution in [1.29, 1.82) is 0 Å². The molecule has 0 saturated carbocycles. The van der Waals surface area contributed by atoms with E-state index in [1.807, 2.05) is 43.3 Å². The molecular formula is C24H19NO3S. The molecule has 2 aliphatic rings. The summed E-state index contributed by atoms with van der Waals surface area (Å²) in [7, 11) is 0. The molecule has 4 nitrogen and oxygen atoms in total. The fraction of sp³-hybridized carbons (Fsp3) is 0.167. The number of ether oxygens (including phenoxy) is 1. The summed E-state index contributed by atoms with van der Waals surface area (Å²) in [5.41, 5.74) is 4.87. The lowest BCUT2D eigenvalue weighted by Gasteiger charge is -2.32. The van der Waals surface area contributed by atoms with Crippen LogP contribution in [-0.2, 0) is 17.6 Å². The Morgan fingerprint density at radius 3 is 2.79 bits per heavy atom. The Hall–Kier alpha value is -2.89. The lowest BCUT2D eigenvalue weighted by molar-refractivity contribution is 0.289. The molecule has 1 atom stereocenters. The van der Waals surface area contributed by atoms with Crippen molar-refractivity contribution >= 4 is 39.4 Å². The second kappa shape index (κ2) is 6.31. The topological polar surface area (TPSA) is 48.7 Å². The molecule has 3 aromatic carbocycles. The lowest BCUT2D eigenvalue weighted by Crippen LogP contribution is -2.22. The largest absolute Gasteiger partial charge is 0.606 e. The highest BCUT2D eigenvalue weighted by atomic mass is 32.2. The molecule has 1 aromatic heterocycles. The molecule has 0 spiro atoms. The van der Waals surface area contributed by atoms with Gasteiger partial charge in [-0.05, 0) is 55.7 Å². The highest BCUT2D eigenvalue weighted by molar-refractivity contribution is 7.92. The fourth-order valence-corrected chi connectivity index (χ4v) is 5.73. The highest BCUT2D eigenvalue weighted by Gasteiger charge is 2.41. The molecule has 0 radical (unpaired) electrons. The van der Waals surface area contributed by atoms with Gasteiger partial charge in [0, 0.05) is 11.2 Å². The highest BCUT2D eigenvalue weighted by Crippen LogP contribution is 2.54. The van der Waals surface area contributed by atoms with Crippen molar-refractivity contribution in [2.75, 3.05) is 11.5 Å². The quantitative estimate of drug-likeness (QED) is 0.366. The number of para-hydroxylation sites is 2. The van der Waals surface area contributed by atoms with Crippen molar-refractivity contribution in [1.82, 2.24) is 0 Å². The maximum Gasteiger partial charge on any atom is 0.263 e. The minimum atomic E-state index is -1.31. The van der Waals surface area contributed by atoms with Gasteiger partial charge in [0.15, 0.2) is 4.90 Å². The first-order valence-electron chi connectivity index (χ1n) is 9.81. The first kappa shape index (κ1) is 17.0. The number of rotatable bonds is 1. The van der Waals surface area contributed by atoms with Gasteiger partial charge in [0.05, 0.1) is 17.7 Å². The maximum atomic E-state index is 13.6. The van der Waals surface area contributed by atoms with Crippen molar-refractivity contribution in [3.8, 4) is 5.75 Å². The molecular weight excluding hydrogens is 382 g/mol. The predicted octanol–water partition coefficient (Wildman–Crippen LogP) is 6.02. The Balaban J connectivity index is 1.68. The molecule has 0 N–H and O–H groups in total. The van der Waals surface area contributed by atoms with E-state index in [1.165, 1.54) is 5.56 Å². The van der Waals surface area contributed by atoms with Crippen molar-refractivity contribution in [3.63, 3.8) is 0 Å². The second-order valence-corrected chi connectivity index (χ2v) is 8.91. The number of hydrogen-bond donors (Lipinski definition) is 0. The summed E-state index contributed by atoms with van der Waals surface area (Å²) in [6.07, 6.45) is 2.02. The molecule has 2 aliphatic heterocycles. The van der Waals surface area contributed by atoms with Gasteiger partial charge in [-0.2, -0.15) is 0 Å². The summed E-state index contributed by atoms with van der Waals surface area (Å²) < 4.78 is 26.0. The first-order chi connectivity index (χ1) is 14.2. The van der Waals surface area contributed by atoms with Crippen molar-refractivity contribution in [2.24, 2.45) is 0 Å². The van der Waals surface area contributed by atoms with E-state index in [4.69, 9.17) is 9.15 Å².